The van der Waals surface area contributed by atoms with Crippen molar-refractivity contribution in [1.82, 2.24) is 0 Å². The van der Waals surface area contributed by atoms with Gasteiger partial charge in [0.2, 0.25) is 0 Å². The van der Waals surface area contributed by atoms with E-state index in [-0.39, 0.29) is 0 Å². The molecule has 1 aromatic carbocycles. The molecule has 0 aromatic heterocycles. The molecule has 1 aromatic rings. The molecule has 64 valence electrons. The van der Waals surface area contributed by atoms with Crippen LogP contribution in [0.15, 0.2) is 23.3 Å². The third kappa shape index (κ3) is 1.68. The molecule has 0 saturated heterocycles. The van der Waals surface area contributed by atoms with Gasteiger partial charge in [-0.2, -0.15) is 5.10 Å². The molecule has 0 spiro atoms. The van der Waals surface area contributed by atoms with Crippen LogP contribution >= 0.6 is 11.6 Å². The van der Waals surface area contributed by atoms with Gasteiger partial charge in [0.15, 0.2) is 0 Å². The minimum absolute atomic E-state index is 0.522. The van der Waals surface area contributed by atoms with E-state index in [9.17, 15) is 0 Å². The summed E-state index contributed by atoms with van der Waals surface area (Å²) in [4.78, 5) is 0. The van der Waals surface area contributed by atoms with Crippen LogP contribution in [-0.2, 0) is 0 Å². The summed E-state index contributed by atoms with van der Waals surface area (Å²) in [6, 6.07) is 5.40. The summed E-state index contributed by atoms with van der Waals surface area (Å²) in [5, 5.41) is 3.90. The summed E-state index contributed by atoms with van der Waals surface area (Å²) in [6.07, 6.45) is 1.48. The van der Waals surface area contributed by atoms with Crippen molar-refractivity contribution in [1.29, 1.82) is 0 Å². The molecule has 4 heteroatoms. The largest absolute Gasteiger partial charge is 0.495 e. The maximum atomic E-state index is 5.92. The van der Waals surface area contributed by atoms with Gasteiger partial charge in [0.25, 0.3) is 0 Å². The molecule has 0 aliphatic heterocycles. The van der Waals surface area contributed by atoms with Crippen LogP contribution in [0.1, 0.15) is 5.56 Å². The number of hydrogen-bond donors (Lipinski definition) is 1. The van der Waals surface area contributed by atoms with Crippen molar-refractivity contribution in [3.8, 4) is 5.75 Å². The van der Waals surface area contributed by atoms with Crippen molar-refractivity contribution in [3.63, 3.8) is 0 Å². The lowest BCUT2D eigenvalue weighted by Crippen LogP contribution is -1.90. The van der Waals surface area contributed by atoms with Crippen molar-refractivity contribution >= 4 is 17.8 Å². The fourth-order valence-electron chi connectivity index (χ4n) is 0.865. The highest BCUT2D eigenvalue weighted by atomic mass is 35.5. The average molecular weight is 185 g/mol. The number of ether oxygens (including phenoxy) is 1. The molecular formula is C8H9ClN2O. The van der Waals surface area contributed by atoms with E-state index in [1.165, 1.54) is 6.21 Å². The van der Waals surface area contributed by atoms with Crippen LogP contribution < -0.4 is 10.6 Å². The number of nitrogens with zero attached hydrogens (tertiary/aromatic N) is 1. The fraction of sp³-hybridized carbons (Fsp3) is 0.125. The van der Waals surface area contributed by atoms with E-state index < -0.39 is 0 Å². The van der Waals surface area contributed by atoms with Gasteiger partial charge in [-0.3, -0.25) is 0 Å². The Morgan fingerprint density at radius 2 is 2.33 bits per heavy atom. The molecule has 0 atom stereocenters. The zero-order valence-corrected chi connectivity index (χ0v) is 7.38. The second-order valence-corrected chi connectivity index (χ2v) is 2.52. The fourth-order valence-corrected chi connectivity index (χ4v) is 1.12. The summed E-state index contributed by atoms with van der Waals surface area (Å²) >= 11 is 5.92. The molecular weight excluding hydrogens is 176 g/mol. The maximum Gasteiger partial charge on any atom is 0.138 e. The number of rotatable bonds is 2. The van der Waals surface area contributed by atoms with Crippen molar-refractivity contribution in [2.75, 3.05) is 7.11 Å². The average Bonchev–Trinajstić information content (AvgIpc) is 2.09. The van der Waals surface area contributed by atoms with E-state index in [0.29, 0.717) is 10.8 Å². The van der Waals surface area contributed by atoms with Gasteiger partial charge in [-0.25, -0.2) is 0 Å². The van der Waals surface area contributed by atoms with Crippen LogP contribution in [0.2, 0.25) is 5.02 Å². The van der Waals surface area contributed by atoms with Crippen molar-refractivity contribution in [2.45, 2.75) is 0 Å². The number of hydrazone groups is 1. The summed E-state index contributed by atoms with van der Waals surface area (Å²) in [5.74, 6) is 5.61. The van der Waals surface area contributed by atoms with Crippen LogP contribution in [0.25, 0.3) is 0 Å². The Morgan fingerprint density at radius 3 is 2.92 bits per heavy atom. The van der Waals surface area contributed by atoms with Gasteiger partial charge in [0.05, 0.1) is 18.3 Å². The Balaban J connectivity index is 3.13. The number of hydrogen-bond acceptors (Lipinski definition) is 3. The van der Waals surface area contributed by atoms with Crippen LogP contribution in [0, 0.1) is 0 Å². The third-order valence-corrected chi connectivity index (χ3v) is 1.83. The maximum absolute atomic E-state index is 5.92. The summed E-state index contributed by atoms with van der Waals surface area (Å²) < 4.78 is 5.00. The SMILES string of the molecule is COc1cccc(C=NN)c1Cl. The predicted octanol–water partition coefficient (Wildman–Crippen LogP) is 1.64. The standard InChI is InChI=1S/C8H9ClN2O/c1-12-7-4-2-3-6(5-11-10)8(7)9/h2-5H,10H2,1H3. The van der Waals surface area contributed by atoms with Crippen molar-refractivity contribution in [3.05, 3.63) is 28.8 Å². The van der Waals surface area contributed by atoms with Crippen molar-refractivity contribution in [2.24, 2.45) is 10.9 Å². The monoisotopic (exact) mass is 184 g/mol. The van der Waals surface area contributed by atoms with E-state index in [1.807, 2.05) is 6.07 Å². The Labute approximate surface area is 75.8 Å². The second kappa shape index (κ2) is 3.97. The molecule has 3 nitrogen and oxygen atoms in total. The van der Waals surface area contributed by atoms with Crippen LogP contribution in [-0.4, -0.2) is 13.3 Å². The highest BCUT2D eigenvalue weighted by Gasteiger charge is 2.02. The first-order valence-corrected chi connectivity index (χ1v) is 3.73. The first-order valence-electron chi connectivity index (χ1n) is 3.35. The molecule has 0 bridgehead atoms. The molecule has 0 aliphatic carbocycles. The van der Waals surface area contributed by atoms with Gasteiger partial charge < -0.3 is 10.6 Å². The minimum Gasteiger partial charge on any atom is -0.495 e. The normalized spacial score (nSPS) is 10.5. The number of benzene rings is 1. The van der Waals surface area contributed by atoms with E-state index in [1.54, 1.807) is 19.2 Å². The van der Waals surface area contributed by atoms with E-state index >= 15 is 0 Å². The van der Waals surface area contributed by atoms with Crippen LogP contribution in [0.4, 0.5) is 0 Å². The Kier molecular flexibility index (Phi) is 2.94. The Bertz CT molecular complexity index is 299. The molecule has 0 heterocycles. The number of methoxy groups -OCH3 is 1. The lowest BCUT2D eigenvalue weighted by molar-refractivity contribution is 0.415. The highest BCUT2D eigenvalue weighted by molar-refractivity contribution is 6.34. The second-order valence-electron chi connectivity index (χ2n) is 2.14. The third-order valence-electron chi connectivity index (χ3n) is 1.43. The quantitative estimate of drug-likeness (QED) is 0.432. The Hall–Kier alpha value is -1.22. The summed E-state index contributed by atoms with van der Waals surface area (Å²) in [7, 11) is 1.56. The number of nitrogens with two attached hydrogens (primary N) is 1. The topological polar surface area (TPSA) is 47.6 Å². The Morgan fingerprint density at radius 1 is 1.58 bits per heavy atom. The molecule has 0 fully saturated rings. The lowest BCUT2D eigenvalue weighted by Gasteiger charge is -2.03. The first-order chi connectivity index (χ1) is 5.79. The zero-order valence-electron chi connectivity index (χ0n) is 6.62. The lowest BCUT2D eigenvalue weighted by atomic mass is 10.2. The van der Waals surface area contributed by atoms with Gasteiger partial charge >= 0.3 is 0 Å². The molecule has 12 heavy (non-hydrogen) atoms. The minimum atomic E-state index is 0.522. The van der Waals surface area contributed by atoms with E-state index in [2.05, 4.69) is 5.10 Å². The molecule has 0 radical (unpaired) electrons. The molecule has 0 aliphatic rings. The van der Waals surface area contributed by atoms with E-state index in [0.717, 1.165) is 5.56 Å². The summed E-state index contributed by atoms with van der Waals surface area (Å²) in [6.45, 7) is 0. The number of halogens is 1. The molecule has 0 amide bonds. The zero-order chi connectivity index (χ0) is 8.97. The van der Waals surface area contributed by atoms with Gasteiger partial charge in [-0.1, -0.05) is 23.7 Å². The predicted molar refractivity (Wildman–Crippen MR) is 49.8 cm³/mol. The van der Waals surface area contributed by atoms with E-state index in [4.69, 9.17) is 22.2 Å². The highest BCUT2D eigenvalue weighted by Crippen LogP contribution is 2.26. The van der Waals surface area contributed by atoms with Gasteiger partial charge in [0, 0.05) is 5.56 Å². The van der Waals surface area contributed by atoms with Crippen molar-refractivity contribution < 1.29 is 4.74 Å². The van der Waals surface area contributed by atoms with Gasteiger partial charge in [0.1, 0.15) is 5.75 Å². The molecule has 0 unspecified atom stereocenters. The molecule has 0 saturated carbocycles. The smallest absolute Gasteiger partial charge is 0.138 e. The van der Waals surface area contributed by atoms with Gasteiger partial charge in [-0.05, 0) is 6.07 Å². The first kappa shape index (κ1) is 8.87. The summed E-state index contributed by atoms with van der Waals surface area (Å²) in [5.41, 5.74) is 0.749. The molecule has 2 N–H and O–H groups in total. The molecule has 1 rings (SSSR count). The van der Waals surface area contributed by atoms with Crippen LogP contribution in [0.3, 0.4) is 0 Å². The van der Waals surface area contributed by atoms with Crippen LogP contribution in [0.5, 0.6) is 5.75 Å². The van der Waals surface area contributed by atoms with Gasteiger partial charge in [-0.15, -0.1) is 0 Å².